The van der Waals surface area contributed by atoms with E-state index in [1.807, 2.05) is 0 Å². The Morgan fingerprint density at radius 3 is 2.00 bits per heavy atom. The van der Waals surface area contributed by atoms with Gasteiger partial charge in [-0.15, -0.1) is 0 Å². The van der Waals surface area contributed by atoms with Crippen LogP contribution in [-0.2, 0) is 9.47 Å². The van der Waals surface area contributed by atoms with Crippen LogP contribution < -0.4 is 0 Å². The summed E-state index contributed by atoms with van der Waals surface area (Å²) in [5.74, 6) is 1.87. The molecule has 0 saturated heterocycles. The standard InChI is InChI=1S/C13H26N2O2Si/c1-9(2)11-13(17-4)14-10(8-18(5,6)7)12(15-11)16-3/h9-11H,8H2,1-7H3/t10-,11+/m1/s1. The van der Waals surface area contributed by atoms with E-state index >= 15 is 0 Å². The van der Waals surface area contributed by atoms with E-state index in [0.717, 1.165) is 17.8 Å². The Balaban J connectivity index is 2.98. The largest absolute Gasteiger partial charge is 0.483 e. The zero-order valence-corrected chi connectivity index (χ0v) is 13.7. The molecular formula is C13H26N2O2Si. The molecule has 1 aliphatic rings. The number of nitrogens with zero attached hydrogens (tertiary/aromatic N) is 2. The van der Waals surface area contributed by atoms with Crippen molar-refractivity contribution in [2.75, 3.05) is 14.2 Å². The van der Waals surface area contributed by atoms with Gasteiger partial charge in [0.2, 0.25) is 11.8 Å². The Morgan fingerprint density at radius 1 is 1.06 bits per heavy atom. The third kappa shape index (κ3) is 3.83. The summed E-state index contributed by atoms with van der Waals surface area (Å²) in [6.07, 6.45) is 0. The molecule has 0 bridgehead atoms. The topological polar surface area (TPSA) is 43.2 Å². The van der Waals surface area contributed by atoms with Gasteiger partial charge in [-0.3, -0.25) is 0 Å². The summed E-state index contributed by atoms with van der Waals surface area (Å²) in [7, 11) is 2.14. The van der Waals surface area contributed by atoms with Gasteiger partial charge in [-0.05, 0) is 12.0 Å². The predicted molar refractivity (Wildman–Crippen MR) is 79.5 cm³/mol. The maximum absolute atomic E-state index is 5.43. The zero-order chi connectivity index (χ0) is 13.9. The summed E-state index contributed by atoms with van der Waals surface area (Å²) in [5.41, 5.74) is 0. The van der Waals surface area contributed by atoms with Crippen molar-refractivity contribution in [1.82, 2.24) is 0 Å². The van der Waals surface area contributed by atoms with E-state index in [4.69, 9.17) is 14.5 Å². The van der Waals surface area contributed by atoms with Crippen LogP contribution in [0.1, 0.15) is 13.8 Å². The molecule has 1 aliphatic heterocycles. The molecule has 0 saturated carbocycles. The van der Waals surface area contributed by atoms with E-state index in [0.29, 0.717) is 5.92 Å². The molecule has 0 radical (unpaired) electrons. The Morgan fingerprint density at radius 2 is 1.61 bits per heavy atom. The Labute approximate surface area is 112 Å². The van der Waals surface area contributed by atoms with Crippen molar-refractivity contribution in [1.29, 1.82) is 0 Å². The van der Waals surface area contributed by atoms with Crippen LogP contribution in [0.5, 0.6) is 0 Å². The average molecular weight is 270 g/mol. The summed E-state index contributed by atoms with van der Waals surface area (Å²) in [4.78, 5) is 9.39. The van der Waals surface area contributed by atoms with Crippen molar-refractivity contribution in [3.63, 3.8) is 0 Å². The van der Waals surface area contributed by atoms with Gasteiger partial charge in [0.05, 0.1) is 14.2 Å². The lowest BCUT2D eigenvalue weighted by molar-refractivity contribution is 0.335. The van der Waals surface area contributed by atoms with Crippen LogP contribution in [0, 0.1) is 5.92 Å². The first-order valence-corrected chi connectivity index (χ1v) is 10.2. The van der Waals surface area contributed by atoms with Gasteiger partial charge in [-0.25, -0.2) is 9.98 Å². The molecule has 0 spiro atoms. The highest BCUT2D eigenvalue weighted by Crippen LogP contribution is 2.23. The van der Waals surface area contributed by atoms with Gasteiger partial charge < -0.3 is 9.47 Å². The van der Waals surface area contributed by atoms with Crippen molar-refractivity contribution < 1.29 is 9.47 Å². The molecule has 0 aromatic carbocycles. The molecule has 0 aromatic heterocycles. The van der Waals surface area contributed by atoms with Crippen LogP contribution in [0.15, 0.2) is 9.98 Å². The molecule has 4 nitrogen and oxygen atoms in total. The van der Waals surface area contributed by atoms with Crippen LogP contribution in [0.4, 0.5) is 0 Å². The first kappa shape index (κ1) is 15.2. The van der Waals surface area contributed by atoms with Crippen LogP contribution in [-0.4, -0.2) is 46.2 Å². The van der Waals surface area contributed by atoms with Crippen molar-refractivity contribution >= 4 is 19.9 Å². The van der Waals surface area contributed by atoms with Gasteiger partial charge in [0.25, 0.3) is 0 Å². The Bertz CT molecular complexity index is 345. The van der Waals surface area contributed by atoms with E-state index in [9.17, 15) is 0 Å². The molecule has 0 aliphatic carbocycles. The van der Waals surface area contributed by atoms with E-state index in [-0.39, 0.29) is 12.1 Å². The minimum atomic E-state index is -1.22. The van der Waals surface area contributed by atoms with Gasteiger partial charge in [-0.2, -0.15) is 0 Å². The van der Waals surface area contributed by atoms with Gasteiger partial charge in [0, 0.05) is 8.07 Å². The molecule has 0 unspecified atom stereocenters. The SMILES string of the molecule is COC1=N[C@H](C[Si](C)(C)C)C(OC)=N[C@H]1C(C)C. The van der Waals surface area contributed by atoms with Crippen LogP contribution in [0.2, 0.25) is 25.7 Å². The molecule has 104 valence electrons. The minimum Gasteiger partial charge on any atom is -0.483 e. The van der Waals surface area contributed by atoms with Gasteiger partial charge >= 0.3 is 0 Å². The number of rotatable bonds is 3. The lowest BCUT2D eigenvalue weighted by Gasteiger charge is -2.29. The van der Waals surface area contributed by atoms with Gasteiger partial charge in [0.1, 0.15) is 12.1 Å². The summed E-state index contributed by atoms with van der Waals surface area (Å²) in [5, 5.41) is 0. The Kier molecular flexibility index (Phi) is 4.96. The zero-order valence-electron chi connectivity index (χ0n) is 12.7. The second-order valence-corrected chi connectivity index (χ2v) is 11.8. The molecule has 0 amide bonds. The summed E-state index contributed by atoms with van der Waals surface area (Å²) < 4.78 is 10.8. The number of aliphatic imine (C=N–C) groups is 2. The minimum absolute atomic E-state index is 0.0113. The number of hydrogen-bond acceptors (Lipinski definition) is 4. The molecule has 1 heterocycles. The van der Waals surface area contributed by atoms with Crippen molar-refractivity contribution in [3.05, 3.63) is 0 Å². The van der Waals surface area contributed by atoms with Crippen molar-refractivity contribution in [2.45, 2.75) is 51.6 Å². The highest BCUT2D eigenvalue weighted by atomic mass is 28.3. The second kappa shape index (κ2) is 5.86. The molecule has 1 rings (SSSR count). The molecule has 0 aromatic rings. The fourth-order valence-corrected chi connectivity index (χ4v) is 3.50. The van der Waals surface area contributed by atoms with E-state index in [1.165, 1.54) is 0 Å². The normalized spacial score (nSPS) is 24.7. The molecule has 0 fully saturated rings. The van der Waals surface area contributed by atoms with E-state index in [2.05, 4.69) is 38.5 Å². The lowest BCUT2D eigenvalue weighted by atomic mass is 10.0. The molecule has 2 atom stereocenters. The Hall–Kier alpha value is -0.843. The maximum Gasteiger partial charge on any atom is 0.209 e. The molecule has 18 heavy (non-hydrogen) atoms. The van der Waals surface area contributed by atoms with E-state index in [1.54, 1.807) is 14.2 Å². The van der Waals surface area contributed by atoms with E-state index < -0.39 is 8.07 Å². The van der Waals surface area contributed by atoms with Crippen LogP contribution in [0.3, 0.4) is 0 Å². The highest BCUT2D eigenvalue weighted by Gasteiger charge is 2.33. The first-order chi connectivity index (χ1) is 8.28. The quantitative estimate of drug-likeness (QED) is 0.740. The van der Waals surface area contributed by atoms with Crippen LogP contribution in [0.25, 0.3) is 0 Å². The highest BCUT2D eigenvalue weighted by molar-refractivity contribution is 6.76. The second-order valence-electron chi connectivity index (χ2n) is 6.31. The smallest absolute Gasteiger partial charge is 0.209 e. The predicted octanol–water partition coefficient (Wildman–Crippen LogP) is 2.82. The fraction of sp³-hybridized carbons (Fsp3) is 0.846. The lowest BCUT2D eigenvalue weighted by Crippen LogP contribution is -2.40. The number of hydrogen-bond donors (Lipinski definition) is 0. The average Bonchev–Trinajstić information content (AvgIpc) is 2.25. The summed E-state index contributed by atoms with van der Waals surface area (Å²) in [6, 6.07) is 1.06. The van der Waals surface area contributed by atoms with Gasteiger partial charge in [0.15, 0.2) is 0 Å². The van der Waals surface area contributed by atoms with Crippen molar-refractivity contribution in [2.24, 2.45) is 15.9 Å². The fourth-order valence-electron chi connectivity index (χ4n) is 2.07. The van der Waals surface area contributed by atoms with Crippen molar-refractivity contribution in [3.8, 4) is 0 Å². The summed E-state index contributed by atoms with van der Waals surface area (Å²) >= 11 is 0. The third-order valence-electron chi connectivity index (χ3n) is 2.94. The molecule has 0 N–H and O–H groups in total. The monoisotopic (exact) mass is 270 g/mol. The number of methoxy groups -OCH3 is 2. The molecule has 5 heteroatoms. The number of ether oxygens (including phenoxy) is 2. The summed E-state index contributed by atoms with van der Waals surface area (Å²) in [6.45, 7) is 11.2. The molecular weight excluding hydrogens is 244 g/mol. The first-order valence-electron chi connectivity index (χ1n) is 6.52. The third-order valence-corrected chi connectivity index (χ3v) is 4.55. The maximum atomic E-state index is 5.43. The van der Waals surface area contributed by atoms with Gasteiger partial charge in [-0.1, -0.05) is 33.5 Å². The van der Waals surface area contributed by atoms with Crippen LogP contribution >= 0.6 is 0 Å².